The van der Waals surface area contributed by atoms with Crippen LogP contribution < -0.4 is 9.64 Å². The van der Waals surface area contributed by atoms with Gasteiger partial charge in [0.15, 0.2) is 5.60 Å². The molecule has 0 radical (unpaired) electrons. The average molecular weight is 365 g/mol. The molecule has 0 aliphatic carbocycles. The van der Waals surface area contributed by atoms with Gasteiger partial charge in [-0.25, -0.2) is 0 Å². The molecule has 0 atom stereocenters. The zero-order valence-corrected chi connectivity index (χ0v) is 15.6. The first-order valence-corrected chi connectivity index (χ1v) is 9.34. The summed E-state index contributed by atoms with van der Waals surface area (Å²) < 4.78 is 5.81. The third-order valence-electron chi connectivity index (χ3n) is 4.85. The summed E-state index contributed by atoms with van der Waals surface area (Å²) in [5.41, 5.74) is -0.313. The molecule has 2 amide bonds. The Morgan fingerprint density at radius 1 is 1.20 bits per heavy atom. The molecule has 2 aliphatic heterocycles. The first-order chi connectivity index (χ1) is 11.9. The maximum Gasteiger partial charge on any atom is 0.270 e. The average Bonchev–Trinajstić information content (AvgIpc) is 2.85. The molecule has 1 aromatic rings. The SMILES string of the molecule is CC1(C)Oc2ccc(Cl)cc2N(CCC(=O)N2CCCCCC2)C1=O. The predicted octanol–water partition coefficient (Wildman–Crippen LogP) is 3.64. The largest absolute Gasteiger partial charge is 0.476 e. The first kappa shape index (κ1) is 18.1. The van der Waals surface area contributed by atoms with Crippen molar-refractivity contribution in [3.63, 3.8) is 0 Å². The number of carbonyl (C=O) groups excluding carboxylic acids is 2. The number of anilines is 1. The summed E-state index contributed by atoms with van der Waals surface area (Å²) in [5, 5.41) is 0.540. The Hall–Kier alpha value is -1.75. The molecule has 0 N–H and O–H groups in total. The van der Waals surface area contributed by atoms with Crippen molar-refractivity contribution in [3.05, 3.63) is 23.2 Å². The summed E-state index contributed by atoms with van der Waals surface area (Å²) >= 11 is 6.09. The number of rotatable bonds is 3. The van der Waals surface area contributed by atoms with E-state index in [4.69, 9.17) is 16.3 Å². The van der Waals surface area contributed by atoms with E-state index in [9.17, 15) is 9.59 Å². The van der Waals surface area contributed by atoms with Crippen LogP contribution in [0.1, 0.15) is 46.0 Å². The lowest BCUT2D eigenvalue weighted by Crippen LogP contribution is -2.53. The van der Waals surface area contributed by atoms with E-state index in [2.05, 4.69) is 0 Å². The van der Waals surface area contributed by atoms with Crippen LogP contribution in [0.15, 0.2) is 18.2 Å². The Bertz CT molecular complexity index is 667. The Morgan fingerprint density at radius 2 is 1.88 bits per heavy atom. The fourth-order valence-corrected chi connectivity index (χ4v) is 3.61. The number of likely N-dealkylation sites (tertiary alicyclic amines) is 1. The van der Waals surface area contributed by atoms with Gasteiger partial charge in [-0.2, -0.15) is 0 Å². The smallest absolute Gasteiger partial charge is 0.270 e. The molecule has 25 heavy (non-hydrogen) atoms. The third kappa shape index (κ3) is 3.92. The summed E-state index contributed by atoms with van der Waals surface area (Å²) in [7, 11) is 0. The van der Waals surface area contributed by atoms with Gasteiger partial charge >= 0.3 is 0 Å². The topological polar surface area (TPSA) is 49.9 Å². The number of amides is 2. The van der Waals surface area contributed by atoms with E-state index in [1.165, 1.54) is 12.8 Å². The van der Waals surface area contributed by atoms with Gasteiger partial charge in [-0.15, -0.1) is 0 Å². The highest BCUT2D eigenvalue weighted by Gasteiger charge is 2.41. The number of carbonyl (C=O) groups is 2. The van der Waals surface area contributed by atoms with Crippen molar-refractivity contribution in [2.45, 2.75) is 51.6 Å². The van der Waals surface area contributed by atoms with Gasteiger partial charge < -0.3 is 14.5 Å². The zero-order chi connectivity index (χ0) is 18.0. The van der Waals surface area contributed by atoms with Crippen LogP contribution in [0.4, 0.5) is 5.69 Å². The maximum absolute atomic E-state index is 12.8. The molecule has 1 fully saturated rings. The van der Waals surface area contributed by atoms with Gasteiger partial charge in [0.05, 0.1) is 5.69 Å². The van der Waals surface area contributed by atoms with Crippen LogP contribution >= 0.6 is 11.6 Å². The Labute approximate surface area is 153 Å². The fraction of sp³-hybridized carbons (Fsp3) is 0.579. The van der Waals surface area contributed by atoms with Crippen LogP contribution in [0.2, 0.25) is 5.02 Å². The van der Waals surface area contributed by atoms with Crippen molar-refractivity contribution >= 4 is 29.1 Å². The molecule has 0 saturated carbocycles. The number of halogens is 1. The lowest BCUT2D eigenvalue weighted by molar-refractivity contribution is -0.133. The van der Waals surface area contributed by atoms with Gasteiger partial charge in [0.1, 0.15) is 5.75 Å². The number of fused-ring (bicyclic) bond motifs is 1. The lowest BCUT2D eigenvalue weighted by atomic mass is 10.0. The van der Waals surface area contributed by atoms with Crippen LogP contribution in [0.25, 0.3) is 0 Å². The standard InChI is InChI=1S/C19H25ClN2O3/c1-19(2)18(24)22(15-13-14(20)7-8-16(15)25-19)12-9-17(23)21-10-5-3-4-6-11-21/h7-8,13H,3-6,9-12H2,1-2H3. The second-order valence-corrected chi connectivity index (χ2v) is 7.66. The molecule has 3 rings (SSSR count). The maximum atomic E-state index is 12.8. The summed E-state index contributed by atoms with van der Waals surface area (Å²) in [6, 6.07) is 5.24. The van der Waals surface area contributed by atoms with Crippen LogP contribution in [0, 0.1) is 0 Å². The van der Waals surface area contributed by atoms with Gasteiger partial charge in [0, 0.05) is 31.1 Å². The van der Waals surface area contributed by atoms with Crippen molar-refractivity contribution in [2.75, 3.05) is 24.5 Å². The van der Waals surface area contributed by atoms with Crippen molar-refractivity contribution in [1.82, 2.24) is 4.90 Å². The Kier molecular flexibility index (Phi) is 5.23. The lowest BCUT2D eigenvalue weighted by Gasteiger charge is -2.39. The van der Waals surface area contributed by atoms with Gasteiger partial charge in [-0.05, 0) is 44.9 Å². The van der Waals surface area contributed by atoms with Gasteiger partial charge in [0.25, 0.3) is 5.91 Å². The normalized spacial score (nSPS) is 19.9. The highest BCUT2D eigenvalue weighted by Crippen LogP contribution is 2.39. The van der Waals surface area contributed by atoms with Crippen LogP contribution in [0.3, 0.4) is 0 Å². The number of ether oxygens (including phenoxy) is 1. The minimum absolute atomic E-state index is 0.113. The monoisotopic (exact) mass is 364 g/mol. The highest BCUT2D eigenvalue weighted by molar-refractivity contribution is 6.31. The minimum atomic E-state index is -0.952. The molecule has 136 valence electrons. The highest BCUT2D eigenvalue weighted by atomic mass is 35.5. The van der Waals surface area contributed by atoms with Crippen LogP contribution in [-0.2, 0) is 9.59 Å². The molecule has 1 aromatic carbocycles. The van der Waals surface area contributed by atoms with Crippen molar-refractivity contribution in [3.8, 4) is 5.75 Å². The molecule has 6 heteroatoms. The van der Waals surface area contributed by atoms with E-state index < -0.39 is 5.60 Å². The number of nitrogens with zero attached hydrogens (tertiary/aromatic N) is 2. The van der Waals surface area contributed by atoms with Crippen LogP contribution in [-0.4, -0.2) is 41.9 Å². The van der Waals surface area contributed by atoms with E-state index in [1.54, 1.807) is 36.9 Å². The summed E-state index contributed by atoms with van der Waals surface area (Å²) in [6.07, 6.45) is 4.81. The molecule has 2 heterocycles. The number of hydrogen-bond donors (Lipinski definition) is 0. The fourth-order valence-electron chi connectivity index (χ4n) is 3.45. The second-order valence-electron chi connectivity index (χ2n) is 7.23. The van der Waals surface area contributed by atoms with Gasteiger partial charge in [-0.3, -0.25) is 9.59 Å². The molecular weight excluding hydrogens is 340 g/mol. The van der Waals surface area contributed by atoms with E-state index >= 15 is 0 Å². The molecule has 0 unspecified atom stereocenters. The summed E-state index contributed by atoms with van der Waals surface area (Å²) in [5.74, 6) is 0.588. The first-order valence-electron chi connectivity index (χ1n) is 8.97. The summed E-state index contributed by atoms with van der Waals surface area (Å²) in [4.78, 5) is 28.9. The molecular formula is C19H25ClN2O3. The molecule has 0 spiro atoms. The molecule has 0 aromatic heterocycles. The minimum Gasteiger partial charge on any atom is -0.476 e. The zero-order valence-electron chi connectivity index (χ0n) is 14.9. The van der Waals surface area contributed by atoms with E-state index in [0.29, 0.717) is 29.4 Å². The Morgan fingerprint density at radius 3 is 2.56 bits per heavy atom. The molecule has 0 bridgehead atoms. The predicted molar refractivity (Wildman–Crippen MR) is 98.2 cm³/mol. The third-order valence-corrected chi connectivity index (χ3v) is 5.08. The quantitative estimate of drug-likeness (QED) is 0.822. The Balaban J connectivity index is 1.75. The number of hydrogen-bond acceptors (Lipinski definition) is 3. The van der Waals surface area contributed by atoms with Gasteiger partial charge in [0.2, 0.25) is 5.91 Å². The van der Waals surface area contributed by atoms with E-state index in [1.807, 2.05) is 4.90 Å². The summed E-state index contributed by atoms with van der Waals surface area (Å²) in [6.45, 7) is 5.48. The van der Waals surface area contributed by atoms with Crippen LogP contribution in [0.5, 0.6) is 5.75 Å². The molecule has 1 saturated heterocycles. The number of benzene rings is 1. The second kappa shape index (κ2) is 7.24. The van der Waals surface area contributed by atoms with Crippen molar-refractivity contribution in [2.24, 2.45) is 0 Å². The molecule has 2 aliphatic rings. The van der Waals surface area contributed by atoms with E-state index in [-0.39, 0.29) is 11.8 Å². The molecule has 5 nitrogen and oxygen atoms in total. The van der Waals surface area contributed by atoms with Crippen molar-refractivity contribution in [1.29, 1.82) is 0 Å². The van der Waals surface area contributed by atoms with Gasteiger partial charge in [-0.1, -0.05) is 24.4 Å². The van der Waals surface area contributed by atoms with Crippen molar-refractivity contribution < 1.29 is 14.3 Å². The van der Waals surface area contributed by atoms with E-state index in [0.717, 1.165) is 25.9 Å².